The molecule has 1 aliphatic rings. The molecule has 1 aromatic carbocycles. The minimum atomic E-state index is -0.761. The lowest BCUT2D eigenvalue weighted by atomic mass is 9.89. The molecule has 0 bridgehead atoms. The molecule has 4 amide bonds. The molecule has 3 unspecified atom stereocenters. The number of nitrogens with zero attached hydrogens (tertiary/aromatic N) is 1. The van der Waals surface area contributed by atoms with E-state index in [9.17, 15) is 19.2 Å². The van der Waals surface area contributed by atoms with Gasteiger partial charge in [0.05, 0.1) is 6.54 Å². The number of hydrogen-bond donors (Lipinski definition) is 3. The van der Waals surface area contributed by atoms with Gasteiger partial charge in [0.2, 0.25) is 23.6 Å². The first-order valence-electron chi connectivity index (χ1n) is 11.6. The SMILES string of the molecule is C=C1C(C(C)CC)CC(=O)N1CCC(=O)NCC(=O)NC(C)C(=O)Nc1ccc(CC)cc1. The average molecular weight is 457 g/mol. The van der Waals surface area contributed by atoms with Gasteiger partial charge in [-0.2, -0.15) is 0 Å². The molecule has 1 heterocycles. The van der Waals surface area contributed by atoms with E-state index in [1.165, 1.54) is 5.56 Å². The van der Waals surface area contributed by atoms with Crippen molar-refractivity contribution in [1.29, 1.82) is 0 Å². The smallest absolute Gasteiger partial charge is 0.246 e. The van der Waals surface area contributed by atoms with E-state index >= 15 is 0 Å². The van der Waals surface area contributed by atoms with E-state index in [1.807, 2.05) is 24.3 Å². The Morgan fingerprint density at radius 1 is 1.12 bits per heavy atom. The molecule has 0 aromatic heterocycles. The summed E-state index contributed by atoms with van der Waals surface area (Å²) in [6, 6.07) is 6.74. The first-order chi connectivity index (χ1) is 15.7. The molecule has 0 spiro atoms. The summed E-state index contributed by atoms with van der Waals surface area (Å²) < 4.78 is 0. The second-order valence-electron chi connectivity index (χ2n) is 8.59. The van der Waals surface area contributed by atoms with E-state index in [4.69, 9.17) is 0 Å². The monoisotopic (exact) mass is 456 g/mol. The molecule has 0 radical (unpaired) electrons. The number of hydrogen-bond acceptors (Lipinski definition) is 4. The number of carbonyl (C=O) groups is 4. The molecule has 1 saturated heterocycles. The number of rotatable bonds is 11. The summed E-state index contributed by atoms with van der Waals surface area (Å²) in [5.74, 6) is -0.690. The van der Waals surface area contributed by atoms with Crippen molar-refractivity contribution in [3.8, 4) is 0 Å². The molecule has 0 aliphatic carbocycles. The Morgan fingerprint density at radius 2 is 1.79 bits per heavy atom. The summed E-state index contributed by atoms with van der Waals surface area (Å²) in [7, 11) is 0. The fourth-order valence-electron chi connectivity index (χ4n) is 3.77. The molecule has 33 heavy (non-hydrogen) atoms. The van der Waals surface area contributed by atoms with Crippen LogP contribution in [0, 0.1) is 11.8 Å². The summed E-state index contributed by atoms with van der Waals surface area (Å²) in [5.41, 5.74) is 2.59. The van der Waals surface area contributed by atoms with Crippen molar-refractivity contribution in [1.82, 2.24) is 15.5 Å². The van der Waals surface area contributed by atoms with E-state index in [0.29, 0.717) is 18.0 Å². The highest BCUT2D eigenvalue weighted by Gasteiger charge is 2.36. The molecule has 1 aliphatic heterocycles. The van der Waals surface area contributed by atoms with Gasteiger partial charge in [-0.05, 0) is 37.0 Å². The maximum atomic E-state index is 12.3. The summed E-state index contributed by atoms with van der Waals surface area (Å²) in [4.78, 5) is 50.4. The van der Waals surface area contributed by atoms with Gasteiger partial charge in [0.25, 0.3) is 0 Å². The van der Waals surface area contributed by atoms with E-state index in [-0.39, 0.29) is 43.1 Å². The minimum absolute atomic E-state index is 0.0139. The Labute approximate surface area is 196 Å². The van der Waals surface area contributed by atoms with Gasteiger partial charge in [-0.15, -0.1) is 0 Å². The van der Waals surface area contributed by atoms with Crippen LogP contribution in [-0.4, -0.2) is 47.7 Å². The largest absolute Gasteiger partial charge is 0.347 e. The molecule has 3 atom stereocenters. The van der Waals surface area contributed by atoms with Crippen LogP contribution in [0.15, 0.2) is 36.5 Å². The number of carbonyl (C=O) groups excluding carboxylic acids is 4. The first-order valence-corrected chi connectivity index (χ1v) is 11.6. The maximum Gasteiger partial charge on any atom is 0.246 e. The van der Waals surface area contributed by atoms with Crippen LogP contribution in [0.3, 0.4) is 0 Å². The highest BCUT2D eigenvalue weighted by molar-refractivity contribution is 5.97. The second kappa shape index (κ2) is 12.2. The maximum absolute atomic E-state index is 12.3. The van der Waals surface area contributed by atoms with Gasteiger partial charge in [0.15, 0.2) is 0 Å². The fourth-order valence-corrected chi connectivity index (χ4v) is 3.77. The standard InChI is InChI=1S/C25H36N4O4/c1-6-16(3)21-14-24(32)29(18(21)5)13-12-22(30)26-15-23(31)27-17(4)25(33)28-20-10-8-19(7-2)9-11-20/h8-11,16-17,21H,5-7,12-15H2,1-4H3,(H,26,30)(H,27,31)(H,28,33). The van der Waals surface area contributed by atoms with E-state index in [0.717, 1.165) is 18.5 Å². The summed E-state index contributed by atoms with van der Waals surface area (Å²) in [6.07, 6.45) is 2.38. The van der Waals surface area contributed by atoms with Gasteiger partial charge in [-0.3, -0.25) is 19.2 Å². The molecule has 0 saturated carbocycles. The highest BCUT2D eigenvalue weighted by atomic mass is 16.2. The molecule has 2 rings (SSSR count). The zero-order chi connectivity index (χ0) is 24.5. The number of allylic oxidation sites excluding steroid dienone is 1. The van der Waals surface area contributed by atoms with Crippen molar-refractivity contribution in [2.24, 2.45) is 11.8 Å². The van der Waals surface area contributed by atoms with Crippen LogP contribution in [0.1, 0.15) is 52.5 Å². The van der Waals surface area contributed by atoms with Crippen LogP contribution in [0.4, 0.5) is 5.69 Å². The predicted octanol–water partition coefficient (Wildman–Crippen LogP) is 2.61. The lowest BCUT2D eigenvalue weighted by Crippen LogP contribution is -2.46. The molecule has 3 N–H and O–H groups in total. The normalized spacial score (nSPS) is 17.5. The Morgan fingerprint density at radius 3 is 2.39 bits per heavy atom. The Kier molecular flexibility index (Phi) is 9.63. The molecule has 8 heteroatoms. The van der Waals surface area contributed by atoms with Gasteiger partial charge in [0.1, 0.15) is 6.04 Å². The lowest BCUT2D eigenvalue weighted by Gasteiger charge is -2.22. The van der Waals surface area contributed by atoms with E-state index in [1.54, 1.807) is 11.8 Å². The number of likely N-dealkylation sites (tertiary alicyclic amines) is 1. The van der Waals surface area contributed by atoms with Gasteiger partial charge in [-0.1, -0.05) is 45.9 Å². The average Bonchev–Trinajstić information content (AvgIpc) is 3.09. The minimum Gasteiger partial charge on any atom is -0.347 e. The molecule has 1 aromatic rings. The first kappa shape index (κ1) is 26.1. The zero-order valence-electron chi connectivity index (χ0n) is 20.1. The van der Waals surface area contributed by atoms with Gasteiger partial charge >= 0.3 is 0 Å². The van der Waals surface area contributed by atoms with Crippen LogP contribution in [-0.2, 0) is 25.6 Å². The number of aryl methyl sites for hydroxylation is 1. The van der Waals surface area contributed by atoms with Crippen LogP contribution in [0.25, 0.3) is 0 Å². The third kappa shape index (κ3) is 7.44. The lowest BCUT2D eigenvalue weighted by molar-refractivity contribution is -0.129. The van der Waals surface area contributed by atoms with Crippen LogP contribution >= 0.6 is 0 Å². The van der Waals surface area contributed by atoms with Crippen molar-refractivity contribution >= 4 is 29.3 Å². The number of nitrogens with one attached hydrogen (secondary N) is 3. The number of amides is 4. The summed E-state index contributed by atoms with van der Waals surface area (Å²) in [6.45, 7) is 11.9. The predicted molar refractivity (Wildman–Crippen MR) is 128 cm³/mol. The molecule has 1 fully saturated rings. The molecular formula is C25H36N4O4. The van der Waals surface area contributed by atoms with Crippen molar-refractivity contribution in [3.63, 3.8) is 0 Å². The third-order valence-electron chi connectivity index (χ3n) is 6.21. The summed E-state index contributed by atoms with van der Waals surface area (Å²) >= 11 is 0. The van der Waals surface area contributed by atoms with Crippen LogP contribution in [0.5, 0.6) is 0 Å². The summed E-state index contributed by atoms with van der Waals surface area (Å²) in [5, 5.41) is 7.86. The fraction of sp³-hybridized carbons (Fsp3) is 0.520. The number of benzene rings is 1. The molecule has 180 valence electrons. The topological polar surface area (TPSA) is 108 Å². The Bertz CT molecular complexity index is 881. The van der Waals surface area contributed by atoms with Gasteiger partial charge in [0, 0.05) is 36.7 Å². The van der Waals surface area contributed by atoms with Crippen molar-refractivity contribution in [2.75, 3.05) is 18.4 Å². The van der Waals surface area contributed by atoms with Gasteiger partial charge in [-0.25, -0.2) is 0 Å². The zero-order valence-corrected chi connectivity index (χ0v) is 20.1. The van der Waals surface area contributed by atoms with Crippen LogP contribution in [0.2, 0.25) is 0 Å². The van der Waals surface area contributed by atoms with E-state index in [2.05, 4.69) is 43.3 Å². The third-order valence-corrected chi connectivity index (χ3v) is 6.21. The quantitative estimate of drug-likeness (QED) is 0.476. The Hall–Kier alpha value is -3.16. The molecule has 8 nitrogen and oxygen atoms in total. The van der Waals surface area contributed by atoms with Crippen molar-refractivity contribution in [3.05, 3.63) is 42.1 Å². The van der Waals surface area contributed by atoms with Crippen LogP contribution < -0.4 is 16.0 Å². The number of anilines is 1. The van der Waals surface area contributed by atoms with Crippen molar-refractivity contribution in [2.45, 2.75) is 59.4 Å². The van der Waals surface area contributed by atoms with E-state index < -0.39 is 11.9 Å². The second-order valence-corrected chi connectivity index (χ2v) is 8.59. The highest BCUT2D eigenvalue weighted by Crippen LogP contribution is 2.34. The van der Waals surface area contributed by atoms with Crippen molar-refractivity contribution < 1.29 is 19.2 Å². The Balaban J connectivity index is 1.71. The molecular weight excluding hydrogens is 420 g/mol. The van der Waals surface area contributed by atoms with Gasteiger partial charge < -0.3 is 20.9 Å².